The van der Waals surface area contributed by atoms with Gasteiger partial charge >= 0.3 is 6.09 Å². The number of hydrogen-bond acceptors (Lipinski definition) is 7. The number of methoxy groups -OCH3 is 1. The predicted octanol–water partition coefficient (Wildman–Crippen LogP) is 8.07. The van der Waals surface area contributed by atoms with E-state index in [4.69, 9.17) is 19.4 Å². The summed E-state index contributed by atoms with van der Waals surface area (Å²) in [6, 6.07) is 17.9. The monoisotopic (exact) mass is 743 g/mol. The SMILES string of the molecule is COC(=O)NC(C(=O)N1CCCC1c1nc2ccc(-c3ccc4c(c3)Oc3cc(-c5cnc(C6CCCN6C(=O)CC(C)C)[nH]5)ccc3C4)cc2[nH]1)C(C)C. The molecule has 0 radical (unpaired) electrons. The fourth-order valence-electron chi connectivity index (χ4n) is 8.29. The van der Waals surface area contributed by atoms with Gasteiger partial charge in [-0.3, -0.25) is 9.59 Å². The van der Waals surface area contributed by atoms with Crippen LogP contribution in [0.5, 0.6) is 11.5 Å². The molecular formula is C43H49N7O5. The number of nitrogens with one attached hydrogen (secondary N) is 3. The van der Waals surface area contributed by atoms with Crippen molar-refractivity contribution in [1.82, 2.24) is 35.1 Å². The zero-order chi connectivity index (χ0) is 38.4. The summed E-state index contributed by atoms with van der Waals surface area (Å²) in [6.07, 6.45) is 6.09. The highest BCUT2D eigenvalue weighted by Gasteiger charge is 2.38. The quantitative estimate of drug-likeness (QED) is 0.136. The van der Waals surface area contributed by atoms with Crippen molar-refractivity contribution in [3.8, 4) is 33.9 Å². The normalized spacial score (nSPS) is 18.4. The maximum Gasteiger partial charge on any atom is 0.407 e. The van der Waals surface area contributed by atoms with Crippen LogP contribution in [0, 0.1) is 11.8 Å². The molecule has 8 rings (SSSR count). The third kappa shape index (κ3) is 7.17. The van der Waals surface area contributed by atoms with Crippen LogP contribution in [0.25, 0.3) is 33.4 Å². The fourth-order valence-corrected chi connectivity index (χ4v) is 8.29. The van der Waals surface area contributed by atoms with Crippen LogP contribution in [0.2, 0.25) is 0 Å². The van der Waals surface area contributed by atoms with Gasteiger partial charge in [0.2, 0.25) is 11.8 Å². The molecular weight excluding hydrogens is 695 g/mol. The molecule has 2 aromatic heterocycles. The summed E-state index contributed by atoms with van der Waals surface area (Å²) in [7, 11) is 1.30. The van der Waals surface area contributed by atoms with Crippen molar-refractivity contribution in [1.29, 1.82) is 0 Å². The average Bonchev–Trinajstić information content (AvgIpc) is 4.00. The largest absolute Gasteiger partial charge is 0.457 e. The molecule has 3 N–H and O–H groups in total. The first-order chi connectivity index (χ1) is 26.6. The van der Waals surface area contributed by atoms with Gasteiger partial charge in [0, 0.05) is 31.5 Å². The van der Waals surface area contributed by atoms with Crippen molar-refractivity contribution in [3.05, 3.63) is 83.6 Å². The van der Waals surface area contributed by atoms with Gasteiger partial charge in [-0.2, -0.15) is 0 Å². The number of imidazole rings is 2. The van der Waals surface area contributed by atoms with Gasteiger partial charge in [0.15, 0.2) is 0 Å². The van der Waals surface area contributed by atoms with Crippen molar-refractivity contribution < 1.29 is 23.9 Å². The molecule has 2 saturated heterocycles. The molecule has 3 atom stereocenters. The van der Waals surface area contributed by atoms with Gasteiger partial charge in [-0.05, 0) is 84.0 Å². The number of likely N-dealkylation sites (tertiary alicyclic amines) is 2. The number of H-pyrrole nitrogens is 2. The van der Waals surface area contributed by atoms with Crippen molar-refractivity contribution >= 4 is 28.9 Å². The van der Waals surface area contributed by atoms with Gasteiger partial charge in [-0.1, -0.05) is 58.0 Å². The Labute approximate surface area is 321 Å². The summed E-state index contributed by atoms with van der Waals surface area (Å²) in [4.78, 5) is 59.1. The Morgan fingerprint density at radius 2 is 1.51 bits per heavy atom. The van der Waals surface area contributed by atoms with Crippen LogP contribution in [0.1, 0.15) is 94.7 Å². The van der Waals surface area contributed by atoms with Crippen LogP contribution < -0.4 is 10.1 Å². The summed E-state index contributed by atoms with van der Waals surface area (Å²) >= 11 is 0. The minimum Gasteiger partial charge on any atom is -0.457 e. The number of aromatic amines is 2. The molecule has 2 fully saturated rings. The van der Waals surface area contributed by atoms with E-state index in [1.165, 1.54) is 7.11 Å². The number of rotatable bonds is 9. The second-order valence-corrected chi connectivity index (χ2v) is 15.9. The molecule has 5 aromatic rings. The Morgan fingerprint density at radius 3 is 2.22 bits per heavy atom. The zero-order valence-corrected chi connectivity index (χ0v) is 32.1. The average molecular weight is 744 g/mol. The van der Waals surface area contributed by atoms with E-state index in [2.05, 4.69) is 77.7 Å². The Morgan fingerprint density at radius 1 is 0.855 bits per heavy atom. The molecule has 3 aliphatic rings. The Balaban J connectivity index is 0.993. The Bertz CT molecular complexity index is 2260. The number of carbonyl (C=O) groups excluding carboxylic acids is 3. The first-order valence-electron chi connectivity index (χ1n) is 19.5. The number of alkyl carbamates (subject to hydrolysis) is 1. The van der Waals surface area contributed by atoms with Gasteiger partial charge in [-0.15, -0.1) is 0 Å². The summed E-state index contributed by atoms with van der Waals surface area (Å²) in [5.74, 6) is 3.50. The van der Waals surface area contributed by atoms with Gasteiger partial charge < -0.3 is 34.6 Å². The lowest BCUT2D eigenvalue weighted by atomic mass is 9.95. The van der Waals surface area contributed by atoms with E-state index in [0.29, 0.717) is 18.9 Å². The topological polar surface area (TPSA) is 146 Å². The molecule has 3 unspecified atom stereocenters. The molecule has 5 heterocycles. The van der Waals surface area contributed by atoms with Crippen LogP contribution in [0.3, 0.4) is 0 Å². The highest BCUT2D eigenvalue weighted by molar-refractivity contribution is 5.87. The molecule has 0 bridgehead atoms. The highest BCUT2D eigenvalue weighted by Crippen LogP contribution is 2.41. The van der Waals surface area contributed by atoms with Gasteiger partial charge in [0.1, 0.15) is 29.2 Å². The fraction of sp³-hybridized carbons (Fsp3) is 0.419. The standard InChI is InChI=1S/C43H49N7O5/c1-24(2)18-38(51)49-16-6-8-34(49)40-44-23-33(47-40)28-11-13-30-19-29-12-10-27(21-36(29)55-37(30)22-28)26-14-15-31-32(20-26)46-41(45-31)35-9-7-17-50(35)42(52)39(25(3)4)48-43(53)54-5/h10-15,20-25,34-35,39H,6-9,16-19H2,1-5H3,(H,44,47)(H,45,46)(H,48,53). The second kappa shape index (κ2) is 14.9. The summed E-state index contributed by atoms with van der Waals surface area (Å²) < 4.78 is 11.4. The van der Waals surface area contributed by atoms with Gasteiger partial charge in [0.25, 0.3) is 0 Å². The maximum absolute atomic E-state index is 13.7. The third-order valence-corrected chi connectivity index (χ3v) is 11.2. The number of fused-ring (bicyclic) bond motifs is 3. The molecule has 286 valence electrons. The lowest BCUT2D eigenvalue weighted by Crippen LogP contribution is -2.51. The summed E-state index contributed by atoms with van der Waals surface area (Å²) in [6.45, 7) is 9.35. The minimum atomic E-state index is -0.687. The molecule has 12 nitrogen and oxygen atoms in total. The molecule has 0 saturated carbocycles. The van der Waals surface area contributed by atoms with Crippen molar-refractivity contribution in [2.45, 2.75) is 84.3 Å². The molecule has 0 spiro atoms. The predicted molar refractivity (Wildman–Crippen MR) is 209 cm³/mol. The van der Waals surface area contributed by atoms with Crippen LogP contribution in [-0.4, -0.2) is 73.9 Å². The van der Waals surface area contributed by atoms with Crippen LogP contribution >= 0.6 is 0 Å². The lowest BCUT2D eigenvalue weighted by molar-refractivity contribution is -0.135. The van der Waals surface area contributed by atoms with Gasteiger partial charge in [0.05, 0.1) is 42.1 Å². The highest BCUT2D eigenvalue weighted by atomic mass is 16.5. The summed E-state index contributed by atoms with van der Waals surface area (Å²) in [5.41, 5.74) is 7.89. The van der Waals surface area contributed by atoms with Crippen LogP contribution in [-0.2, 0) is 20.7 Å². The van der Waals surface area contributed by atoms with E-state index in [-0.39, 0.29) is 29.8 Å². The number of nitrogens with zero attached hydrogens (tertiary/aromatic N) is 4. The van der Waals surface area contributed by atoms with Crippen molar-refractivity contribution in [2.24, 2.45) is 11.8 Å². The lowest BCUT2D eigenvalue weighted by Gasteiger charge is -2.29. The number of hydrogen-bond donors (Lipinski definition) is 3. The maximum atomic E-state index is 13.7. The molecule has 55 heavy (non-hydrogen) atoms. The number of benzene rings is 3. The third-order valence-electron chi connectivity index (χ3n) is 11.2. The molecule has 3 aromatic carbocycles. The van der Waals surface area contributed by atoms with Crippen molar-refractivity contribution in [2.75, 3.05) is 20.2 Å². The van der Waals surface area contributed by atoms with E-state index < -0.39 is 12.1 Å². The Kier molecular flexibility index (Phi) is 9.83. The number of carbonyl (C=O) groups is 3. The van der Waals surface area contributed by atoms with E-state index in [0.717, 1.165) is 106 Å². The van der Waals surface area contributed by atoms with E-state index in [1.54, 1.807) is 0 Å². The number of aromatic nitrogens is 4. The smallest absolute Gasteiger partial charge is 0.407 e. The summed E-state index contributed by atoms with van der Waals surface area (Å²) in [5, 5.41) is 2.72. The number of ether oxygens (including phenoxy) is 2. The molecule has 3 aliphatic heterocycles. The number of amides is 3. The molecule has 0 aliphatic carbocycles. The van der Waals surface area contributed by atoms with Crippen LogP contribution in [0.4, 0.5) is 4.79 Å². The second-order valence-electron chi connectivity index (χ2n) is 15.9. The Hall–Kier alpha value is -5.65. The van der Waals surface area contributed by atoms with E-state index in [1.807, 2.05) is 35.9 Å². The first-order valence-corrected chi connectivity index (χ1v) is 19.5. The molecule has 12 heteroatoms. The van der Waals surface area contributed by atoms with Gasteiger partial charge in [-0.25, -0.2) is 14.8 Å². The van der Waals surface area contributed by atoms with Crippen LogP contribution in [0.15, 0.2) is 60.8 Å². The first kappa shape index (κ1) is 36.3. The molecule has 3 amide bonds. The van der Waals surface area contributed by atoms with E-state index >= 15 is 0 Å². The zero-order valence-electron chi connectivity index (χ0n) is 32.1. The van der Waals surface area contributed by atoms with Crippen molar-refractivity contribution in [3.63, 3.8) is 0 Å². The van der Waals surface area contributed by atoms with E-state index in [9.17, 15) is 14.4 Å². The minimum absolute atomic E-state index is 0.0207.